The Labute approximate surface area is 179 Å². The van der Waals surface area contributed by atoms with Crippen LogP contribution in [0, 0.1) is 10.1 Å². The minimum absolute atomic E-state index is 0.154. The summed E-state index contributed by atoms with van der Waals surface area (Å²) >= 11 is 0. The Balaban J connectivity index is 1.45. The van der Waals surface area contributed by atoms with Crippen LogP contribution in [0.3, 0.4) is 0 Å². The standard InChI is InChI=1S/C22H25N5O4/c1-14-10-26(11-15(2)31-14)12-17-5-3-16(4-6-17)9-23-20-8-19-18(7-21(20)27(29)30)22(28)25-13-24-19/h3-8,13-15,23H,9-12H2,1-2H3,(H,24,25,28). The van der Waals surface area contributed by atoms with Crippen molar-refractivity contribution in [3.63, 3.8) is 0 Å². The van der Waals surface area contributed by atoms with Gasteiger partial charge in [-0.1, -0.05) is 24.3 Å². The molecule has 9 nitrogen and oxygen atoms in total. The number of hydrogen-bond donors (Lipinski definition) is 2. The van der Waals surface area contributed by atoms with E-state index < -0.39 is 10.5 Å². The monoisotopic (exact) mass is 423 g/mol. The summed E-state index contributed by atoms with van der Waals surface area (Å²) in [6.07, 6.45) is 1.75. The Morgan fingerprint density at radius 2 is 1.87 bits per heavy atom. The molecule has 1 aliphatic rings. The van der Waals surface area contributed by atoms with Crippen molar-refractivity contribution in [3.8, 4) is 0 Å². The van der Waals surface area contributed by atoms with Crippen LogP contribution >= 0.6 is 0 Å². The lowest BCUT2D eigenvalue weighted by Gasteiger charge is -2.35. The zero-order valence-corrected chi connectivity index (χ0v) is 17.5. The summed E-state index contributed by atoms with van der Waals surface area (Å²) in [4.78, 5) is 31.8. The molecule has 31 heavy (non-hydrogen) atoms. The Bertz CT molecular complexity index is 1130. The van der Waals surface area contributed by atoms with Gasteiger partial charge in [0.1, 0.15) is 5.69 Å². The molecule has 2 heterocycles. The third-order valence-corrected chi connectivity index (χ3v) is 5.36. The normalized spacial score (nSPS) is 19.4. The van der Waals surface area contributed by atoms with Crippen LogP contribution in [-0.2, 0) is 17.8 Å². The van der Waals surface area contributed by atoms with E-state index in [1.807, 2.05) is 12.1 Å². The molecule has 1 aromatic heterocycles. The van der Waals surface area contributed by atoms with Gasteiger partial charge in [0.25, 0.3) is 11.2 Å². The molecule has 0 amide bonds. The average molecular weight is 423 g/mol. The first-order valence-corrected chi connectivity index (χ1v) is 10.2. The molecule has 3 aromatic rings. The first-order valence-electron chi connectivity index (χ1n) is 10.2. The highest BCUT2D eigenvalue weighted by molar-refractivity contribution is 5.86. The predicted molar refractivity (Wildman–Crippen MR) is 118 cm³/mol. The van der Waals surface area contributed by atoms with E-state index in [0.29, 0.717) is 17.7 Å². The van der Waals surface area contributed by atoms with Crippen molar-refractivity contribution in [2.24, 2.45) is 0 Å². The fraction of sp³-hybridized carbons (Fsp3) is 0.364. The number of nitrogens with zero attached hydrogens (tertiary/aromatic N) is 3. The number of aromatic amines is 1. The highest BCUT2D eigenvalue weighted by Gasteiger charge is 2.22. The molecule has 0 aliphatic carbocycles. The van der Waals surface area contributed by atoms with Gasteiger partial charge in [-0.2, -0.15) is 0 Å². The fourth-order valence-corrected chi connectivity index (χ4v) is 4.03. The second kappa shape index (κ2) is 8.83. The number of anilines is 1. The third-order valence-electron chi connectivity index (χ3n) is 5.36. The summed E-state index contributed by atoms with van der Waals surface area (Å²) in [5, 5.41) is 14.8. The van der Waals surface area contributed by atoms with Crippen LogP contribution in [0.15, 0.2) is 47.5 Å². The molecule has 1 aliphatic heterocycles. The van der Waals surface area contributed by atoms with Crippen LogP contribution in [0.25, 0.3) is 10.9 Å². The van der Waals surface area contributed by atoms with Gasteiger partial charge in [-0.3, -0.25) is 19.8 Å². The second-order valence-corrected chi connectivity index (χ2v) is 8.00. The quantitative estimate of drug-likeness (QED) is 0.463. The van der Waals surface area contributed by atoms with Crippen LogP contribution in [0.1, 0.15) is 25.0 Å². The topological polar surface area (TPSA) is 113 Å². The number of morpholine rings is 1. The Kier molecular flexibility index (Phi) is 5.97. The van der Waals surface area contributed by atoms with Crippen molar-refractivity contribution in [1.29, 1.82) is 0 Å². The maximum absolute atomic E-state index is 11.9. The summed E-state index contributed by atoms with van der Waals surface area (Å²) in [5.74, 6) is 0. The Morgan fingerprint density at radius 3 is 2.55 bits per heavy atom. The van der Waals surface area contributed by atoms with Gasteiger partial charge in [0, 0.05) is 32.2 Å². The SMILES string of the molecule is CC1CN(Cc2ccc(CNc3cc4nc[nH]c(=O)c4cc3[N+](=O)[O-])cc2)CC(C)O1. The van der Waals surface area contributed by atoms with Crippen LogP contribution in [0.2, 0.25) is 0 Å². The van der Waals surface area contributed by atoms with Crippen LogP contribution < -0.4 is 10.9 Å². The molecule has 2 aromatic carbocycles. The van der Waals surface area contributed by atoms with E-state index in [1.54, 1.807) is 0 Å². The first kappa shape index (κ1) is 21.0. The summed E-state index contributed by atoms with van der Waals surface area (Å²) in [5.41, 5.74) is 2.39. The van der Waals surface area contributed by atoms with E-state index in [-0.39, 0.29) is 23.3 Å². The predicted octanol–water partition coefficient (Wildman–Crippen LogP) is 3.05. The van der Waals surface area contributed by atoms with Crippen molar-refractivity contribution in [1.82, 2.24) is 14.9 Å². The van der Waals surface area contributed by atoms with Gasteiger partial charge in [0.15, 0.2) is 0 Å². The highest BCUT2D eigenvalue weighted by atomic mass is 16.6. The number of ether oxygens (including phenoxy) is 1. The maximum atomic E-state index is 11.9. The summed E-state index contributed by atoms with van der Waals surface area (Å²) in [6, 6.07) is 11.0. The molecular formula is C22H25N5O4. The van der Waals surface area contributed by atoms with Gasteiger partial charge in [0.2, 0.25) is 0 Å². The lowest BCUT2D eigenvalue weighted by atomic mass is 10.1. The van der Waals surface area contributed by atoms with Crippen LogP contribution in [0.4, 0.5) is 11.4 Å². The van der Waals surface area contributed by atoms with Gasteiger partial charge in [-0.15, -0.1) is 0 Å². The molecule has 162 valence electrons. The number of hydrogen-bond acceptors (Lipinski definition) is 7. The molecule has 0 spiro atoms. The molecule has 4 rings (SSSR count). The van der Waals surface area contributed by atoms with Crippen molar-refractivity contribution in [3.05, 3.63) is 74.3 Å². The molecule has 1 fully saturated rings. The van der Waals surface area contributed by atoms with Crippen molar-refractivity contribution in [2.75, 3.05) is 18.4 Å². The van der Waals surface area contributed by atoms with Gasteiger partial charge in [-0.25, -0.2) is 4.98 Å². The lowest BCUT2D eigenvalue weighted by Crippen LogP contribution is -2.44. The van der Waals surface area contributed by atoms with Gasteiger partial charge >= 0.3 is 0 Å². The van der Waals surface area contributed by atoms with E-state index in [0.717, 1.165) is 25.2 Å². The molecule has 2 unspecified atom stereocenters. The number of aromatic nitrogens is 2. The Hall–Kier alpha value is -3.30. The van der Waals surface area contributed by atoms with E-state index >= 15 is 0 Å². The third kappa shape index (κ3) is 4.89. The zero-order chi connectivity index (χ0) is 22.0. The van der Waals surface area contributed by atoms with Crippen molar-refractivity contribution >= 4 is 22.3 Å². The van der Waals surface area contributed by atoms with Crippen molar-refractivity contribution in [2.45, 2.75) is 39.1 Å². The fourth-order valence-electron chi connectivity index (χ4n) is 4.03. The van der Waals surface area contributed by atoms with E-state index in [2.05, 4.69) is 46.2 Å². The first-order chi connectivity index (χ1) is 14.9. The minimum atomic E-state index is -0.498. The molecule has 0 radical (unpaired) electrons. The molecule has 0 bridgehead atoms. The number of nitro groups is 1. The van der Waals surface area contributed by atoms with E-state index in [4.69, 9.17) is 4.74 Å². The molecule has 0 saturated carbocycles. The number of nitro benzene ring substituents is 1. The van der Waals surface area contributed by atoms with Crippen LogP contribution in [0.5, 0.6) is 0 Å². The second-order valence-electron chi connectivity index (χ2n) is 8.00. The maximum Gasteiger partial charge on any atom is 0.293 e. The minimum Gasteiger partial charge on any atom is -0.375 e. The summed E-state index contributed by atoms with van der Waals surface area (Å²) in [6.45, 7) is 7.29. The molecular weight excluding hydrogens is 398 g/mol. The Morgan fingerprint density at radius 1 is 1.19 bits per heavy atom. The zero-order valence-electron chi connectivity index (χ0n) is 17.5. The number of fused-ring (bicyclic) bond motifs is 1. The average Bonchev–Trinajstić information content (AvgIpc) is 2.72. The summed E-state index contributed by atoms with van der Waals surface area (Å²) < 4.78 is 5.79. The van der Waals surface area contributed by atoms with E-state index in [9.17, 15) is 14.9 Å². The van der Waals surface area contributed by atoms with E-state index in [1.165, 1.54) is 24.0 Å². The largest absolute Gasteiger partial charge is 0.375 e. The molecule has 2 N–H and O–H groups in total. The molecule has 1 saturated heterocycles. The summed E-state index contributed by atoms with van der Waals surface area (Å²) in [7, 11) is 0. The lowest BCUT2D eigenvalue weighted by molar-refractivity contribution is -0.383. The number of H-pyrrole nitrogens is 1. The highest BCUT2D eigenvalue weighted by Crippen LogP contribution is 2.28. The van der Waals surface area contributed by atoms with Gasteiger partial charge in [0.05, 0.1) is 34.4 Å². The number of nitrogens with one attached hydrogen (secondary N) is 2. The van der Waals surface area contributed by atoms with Crippen LogP contribution in [-0.4, -0.2) is 45.1 Å². The number of benzene rings is 2. The number of rotatable bonds is 6. The van der Waals surface area contributed by atoms with Crippen molar-refractivity contribution < 1.29 is 9.66 Å². The molecule has 2 atom stereocenters. The van der Waals surface area contributed by atoms with Gasteiger partial charge < -0.3 is 15.0 Å². The molecule has 9 heteroatoms. The smallest absolute Gasteiger partial charge is 0.293 e. The van der Waals surface area contributed by atoms with Gasteiger partial charge in [-0.05, 0) is 31.0 Å².